The summed E-state index contributed by atoms with van der Waals surface area (Å²) in [5.74, 6) is -2.00. The molecule has 0 aliphatic carbocycles. The number of benzene rings is 1. The van der Waals surface area contributed by atoms with Crippen molar-refractivity contribution in [3.05, 3.63) is 35.4 Å². The fourth-order valence-corrected chi connectivity index (χ4v) is 1.22. The van der Waals surface area contributed by atoms with Gasteiger partial charge in [0.1, 0.15) is 12.1 Å². The van der Waals surface area contributed by atoms with Gasteiger partial charge in [0, 0.05) is 5.56 Å². The standard InChI is InChI=1S/C11H13NO3.C3H7NO2.ClH/c1-7(13)9-4-2-8(3-5-9)6-10(12)11(14)15;1-2(4)3(5)6;/h2-5,10H,6,12H2,1H3,(H,14,15);2H,4H2,1H3,(H,5,6);1H. The predicted molar refractivity (Wildman–Crippen MR) is 84.3 cm³/mol. The molecule has 1 aromatic rings. The van der Waals surface area contributed by atoms with Gasteiger partial charge in [0.25, 0.3) is 0 Å². The summed E-state index contributed by atoms with van der Waals surface area (Å²) in [5.41, 5.74) is 11.6. The maximum Gasteiger partial charge on any atom is 0.320 e. The van der Waals surface area contributed by atoms with Crippen molar-refractivity contribution in [2.45, 2.75) is 32.4 Å². The van der Waals surface area contributed by atoms with E-state index in [1.165, 1.54) is 13.8 Å². The number of halogens is 1. The van der Waals surface area contributed by atoms with Gasteiger partial charge in [-0.25, -0.2) is 0 Å². The van der Waals surface area contributed by atoms with E-state index in [1.54, 1.807) is 24.3 Å². The largest absolute Gasteiger partial charge is 0.480 e. The molecule has 0 saturated carbocycles. The first-order valence-electron chi connectivity index (χ1n) is 6.21. The molecule has 0 aromatic heterocycles. The molecule has 0 aliphatic rings. The zero-order valence-electron chi connectivity index (χ0n) is 12.4. The Morgan fingerprint density at radius 2 is 1.45 bits per heavy atom. The summed E-state index contributed by atoms with van der Waals surface area (Å²) in [6, 6.07) is 5.16. The second kappa shape index (κ2) is 10.7. The lowest BCUT2D eigenvalue weighted by Crippen LogP contribution is -2.32. The Morgan fingerprint density at radius 1 is 1.05 bits per heavy atom. The Kier molecular flexibility index (Phi) is 10.9. The lowest BCUT2D eigenvalue weighted by molar-refractivity contribution is -0.139. The molecule has 2 unspecified atom stereocenters. The highest BCUT2D eigenvalue weighted by Crippen LogP contribution is 2.07. The molecule has 0 heterocycles. The van der Waals surface area contributed by atoms with Gasteiger partial charge in [-0.1, -0.05) is 24.3 Å². The van der Waals surface area contributed by atoms with Crippen LogP contribution >= 0.6 is 12.4 Å². The zero-order valence-corrected chi connectivity index (χ0v) is 13.2. The molecule has 2 atom stereocenters. The number of carboxylic acid groups (broad SMARTS) is 2. The number of ketones is 1. The van der Waals surface area contributed by atoms with Crippen LogP contribution in [0.5, 0.6) is 0 Å². The molecule has 8 heteroatoms. The maximum absolute atomic E-state index is 11.0. The van der Waals surface area contributed by atoms with Gasteiger partial charge in [-0.05, 0) is 25.8 Å². The highest BCUT2D eigenvalue weighted by Gasteiger charge is 2.11. The number of rotatable bonds is 5. The van der Waals surface area contributed by atoms with Crippen LogP contribution in [0.1, 0.15) is 29.8 Å². The SMILES string of the molecule is CC(=O)c1ccc(CC(N)C(=O)O)cc1.CC(N)C(=O)O.Cl. The second-order valence-electron chi connectivity index (χ2n) is 4.53. The lowest BCUT2D eigenvalue weighted by Gasteiger charge is -2.06. The van der Waals surface area contributed by atoms with Crippen LogP contribution < -0.4 is 11.5 Å². The Labute approximate surface area is 134 Å². The number of aliphatic carboxylic acids is 2. The van der Waals surface area contributed by atoms with Crippen LogP contribution in [0.25, 0.3) is 0 Å². The smallest absolute Gasteiger partial charge is 0.320 e. The summed E-state index contributed by atoms with van der Waals surface area (Å²) in [6.07, 6.45) is 0.271. The fourth-order valence-electron chi connectivity index (χ4n) is 1.22. The van der Waals surface area contributed by atoms with Crippen LogP contribution in [0.2, 0.25) is 0 Å². The van der Waals surface area contributed by atoms with Gasteiger partial charge >= 0.3 is 11.9 Å². The molecule has 0 spiro atoms. The number of carboxylic acids is 2. The van der Waals surface area contributed by atoms with Gasteiger partial charge in [-0.2, -0.15) is 0 Å². The highest BCUT2D eigenvalue weighted by atomic mass is 35.5. The van der Waals surface area contributed by atoms with Gasteiger partial charge < -0.3 is 21.7 Å². The molecule has 22 heavy (non-hydrogen) atoms. The molecule has 0 radical (unpaired) electrons. The summed E-state index contributed by atoms with van der Waals surface area (Å²) >= 11 is 0. The minimum atomic E-state index is -1.02. The highest BCUT2D eigenvalue weighted by molar-refractivity contribution is 5.94. The van der Waals surface area contributed by atoms with Crippen LogP contribution in [0.4, 0.5) is 0 Å². The van der Waals surface area contributed by atoms with E-state index >= 15 is 0 Å². The Bertz CT molecular complexity index is 502. The third kappa shape index (κ3) is 9.06. The van der Waals surface area contributed by atoms with Crippen molar-refractivity contribution in [3.8, 4) is 0 Å². The van der Waals surface area contributed by atoms with Crippen molar-refractivity contribution in [2.75, 3.05) is 0 Å². The molecule has 7 nitrogen and oxygen atoms in total. The molecule has 1 rings (SSSR count). The van der Waals surface area contributed by atoms with Gasteiger partial charge in [-0.3, -0.25) is 14.4 Å². The fraction of sp³-hybridized carbons (Fsp3) is 0.357. The molecular weight excluding hydrogens is 312 g/mol. The number of Topliss-reactive ketones (excluding diaryl/α,β-unsaturated/α-hetero) is 1. The Balaban J connectivity index is 0. The third-order valence-corrected chi connectivity index (χ3v) is 2.52. The van der Waals surface area contributed by atoms with Gasteiger partial charge in [0.05, 0.1) is 0 Å². The van der Waals surface area contributed by atoms with E-state index in [2.05, 4.69) is 0 Å². The van der Waals surface area contributed by atoms with E-state index < -0.39 is 24.0 Å². The van der Waals surface area contributed by atoms with Crippen molar-refractivity contribution in [2.24, 2.45) is 11.5 Å². The second-order valence-corrected chi connectivity index (χ2v) is 4.53. The number of nitrogens with two attached hydrogens (primary N) is 2. The minimum absolute atomic E-state index is 0. The first kappa shape index (κ1) is 22.3. The van der Waals surface area contributed by atoms with E-state index in [0.717, 1.165) is 5.56 Å². The molecule has 0 amide bonds. The normalized spacial score (nSPS) is 12.0. The van der Waals surface area contributed by atoms with Gasteiger partial charge in [0.2, 0.25) is 0 Å². The molecule has 1 aromatic carbocycles. The summed E-state index contributed by atoms with van der Waals surface area (Å²) < 4.78 is 0. The molecule has 0 fully saturated rings. The Hall–Kier alpha value is -1.96. The van der Waals surface area contributed by atoms with Crippen molar-refractivity contribution < 1.29 is 24.6 Å². The summed E-state index contributed by atoms with van der Waals surface area (Å²) in [4.78, 5) is 31.0. The zero-order chi connectivity index (χ0) is 16.6. The van der Waals surface area contributed by atoms with Crippen molar-refractivity contribution in [1.82, 2.24) is 0 Å². The van der Waals surface area contributed by atoms with E-state index in [9.17, 15) is 14.4 Å². The molecule has 124 valence electrons. The quantitative estimate of drug-likeness (QED) is 0.580. The minimum Gasteiger partial charge on any atom is -0.480 e. The van der Waals surface area contributed by atoms with E-state index in [1.807, 2.05) is 0 Å². The van der Waals surface area contributed by atoms with Crippen molar-refractivity contribution in [3.63, 3.8) is 0 Å². The predicted octanol–water partition coefficient (Wildman–Crippen LogP) is 0.684. The molecule has 0 bridgehead atoms. The summed E-state index contributed by atoms with van der Waals surface area (Å²) in [5, 5.41) is 16.5. The van der Waals surface area contributed by atoms with Crippen molar-refractivity contribution in [1.29, 1.82) is 0 Å². The number of hydrogen-bond acceptors (Lipinski definition) is 5. The first-order chi connectivity index (χ1) is 9.65. The first-order valence-corrected chi connectivity index (χ1v) is 6.21. The van der Waals surface area contributed by atoms with Crippen LogP contribution in [-0.4, -0.2) is 40.0 Å². The molecule has 0 saturated heterocycles. The summed E-state index contributed by atoms with van der Waals surface area (Å²) in [7, 11) is 0. The van der Waals surface area contributed by atoms with Crippen LogP contribution in [0.15, 0.2) is 24.3 Å². The monoisotopic (exact) mass is 332 g/mol. The number of carbonyl (C=O) groups is 3. The molecule has 0 aliphatic heterocycles. The average molecular weight is 333 g/mol. The van der Waals surface area contributed by atoms with E-state index in [-0.39, 0.29) is 24.6 Å². The molecular formula is C14H21ClN2O5. The van der Waals surface area contributed by atoms with Crippen LogP contribution in [-0.2, 0) is 16.0 Å². The van der Waals surface area contributed by atoms with Crippen LogP contribution in [0, 0.1) is 0 Å². The maximum atomic E-state index is 11.0. The van der Waals surface area contributed by atoms with Crippen molar-refractivity contribution >= 4 is 30.1 Å². The van der Waals surface area contributed by atoms with Gasteiger partial charge in [0.15, 0.2) is 5.78 Å². The number of carbonyl (C=O) groups excluding carboxylic acids is 1. The number of hydrogen-bond donors (Lipinski definition) is 4. The molecule has 6 N–H and O–H groups in total. The van der Waals surface area contributed by atoms with Crippen LogP contribution in [0.3, 0.4) is 0 Å². The van der Waals surface area contributed by atoms with Gasteiger partial charge in [-0.15, -0.1) is 12.4 Å². The Morgan fingerprint density at radius 3 is 1.73 bits per heavy atom. The topological polar surface area (TPSA) is 144 Å². The summed E-state index contributed by atoms with van der Waals surface area (Å²) in [6.45, 7) is 2.90. The average Bonchev–Trinajstić information content (AvgIpc) is 2.39. The third-order valence-electron chi connectivity index (χ3n) is 2.52. The van der Waals surface area contributed by atoms with E-state index in [4.69, 9.17) is 21.7 Å². The lowest BCUT2D eigenvalue weighted by atomic mass is 10.0. The van der Waals surface area contributed by atoms with E-state index in [0.29, 0.717) is 5.56 Å².